The zero-order chi connectivity index (χ0) is 13.0. The SMILES string of the molecule is CCNC(CCc1c(Cl)c(C)nn1C)C(C)C. The third-order valence-corrected chi connectivity index (χ3v) is 3.72. The van der Waals surface area contributed by atoms with Gasteiger partial charge in [-0.25, -0.2) is 0 Å². The first-order valence-electron chi connectivity index (χ1n) is 6.38. The van der Waals surface area contributed by atoms with Crippen LogP contribution in [0.1, 0.15) is 38.6 Å². The third kappa shape index (κ3) is 3.71. The maximum atomic E-state index is 6.25. The number of halogens is 1. The number of nitrogens with one attached hydrogen (secondary N) is 1. The van der Waals surface area contributed by atoms with E-state index in [0.717, 1.165) is 35.8 Å². The fraction of sp³-hybridized carbons (Fsp3) is 0.769. The maximum absolute atomic E-state index is 6.25. The lowest BCUT2D eigenvalue weighted by atomic mass is 9.98. The summed E-state index contributed by atoms with van der Waals surface area (Å²) in [5.41, 5.74) is 2.07. The van der Waals surface area contributed by atoms with Crippen LogP contribution in [0.4, 0.5) is 0 Å². The molecule has 0 saturated heterocycles. The van der Waals surface area contributed by atoms with Crippen molar-refractivity contribution in [3.05, 3.63) is 16.4 Å². The van der Waals surface area contributed by atoms with Gasteiger partial charge in [-0.15, -0.1) is 0 Å². The molecule has 0 spiro atoms. The van der Waals surface area contributed by atoms with Crippen LogP contribution in [-0.4, -0.2) is 22.4 Å². The monoisotopic (exact) mass is 257 g/mol. The summed E-state index contributed by atoms with van der Waals surface area (Å²) in [7, 11) is 1.96. The van der Waals surface area contributed by atoms with Gasteiger partial charge in [-0.3, -0.25) is 4.68 Å². The lowest BCUT2D eigenvalue weighted by Gasteiger charge is -2.21. The van der Waals surface area contributed by atoms with Crippen molar-refractivity contribution < 1.29 is 0 Å². The summed E-state index contributed by atoms with van der Waals surface area (Å²) in [6.45, 7) is 9.63. The number of hydrogen-bond acceptors (Lipinski definition) is 2. The van der Waals surface area contributed by atoms with Gasteiger partial charge in [-0.05, 0) is 32.2 Å². The molecule has 0 amide bonds. The molecule has 98 valence electrons. The highest BCUT2D eigenvalue weighted by Gasteiger charge is 2.16. The van der Waals surface area contributed by atoms with E-state index < -0.39 is 0 Å². The van der Waals surface area contributed by atoms with Crippen molar-refractivity contribution >= 4 is 11.6 Å². The molecule has 0 aliphatic heterocycles. The second-order valence-electron chi connectivity index (χ2n) is 4.92. The van der Waals surface area contributed by atoms with Crippen molar-refractivity contribution in [3.63, 3.8) is 0 Å². The van der Waals surface area contributed by atoms with Crippen molar-refractivity contribution in [1.29, 1.82) is 0 Å². The summed E-state index contributed by atoms with van der Waals surface area (Å²) in [5, 5.41) is 8.69. The van der Waals surface area contributed by atoms with Crippen LogP contribution in [0, 0.1) is 12.8 Å². The van der Waals surface area contributed by atoms with Crippen LogP contribution < -0.4 is 5.32 Å². The Labute approximate surface area is 110 Å². The predicted octanol–water partition coefficient (Wildman–Crippen LogP) is 2.95. The summed E-state index contributed by atoms with van der Waals surface area (Å²) in [4.78, 5) is 0. The molecular weight excluding hydrogens is 234 g/mol. The van der Waals surface area contributed by atoms with Gasteiger partial charge in [0, 0.05) is 13.1 Å². The second-order valence-corrected chi connectivity index (χ2v) is 5.29. The fourth-order valence-corrected chi connectivity index (χ4v) is 2.43. The van der Waals surface area contributed by atoms with E-state index in [4.69, 9.17) is 11.6 Å². The molecule has 1 atom stereocenters. The highest BCUT2D eigenvalue weighted by molar-refractivity contribution is 6.31. The molecule has 17 heavy (non-hydrogen) atoms. The van der Waals surface area contributed by atoms with Crippen LogP contribution in [0.15, 0.2) is 0 Å². The van der Waals surface area contributed by atoms with Gasteiger partial charge < -0.3 is 5.32 Å². The van der Waals surface area contributed by atoms with E-state index in [1.165, 1.54) is 0 Å². The van der Waals surface area contributed by atoms with E-state index in [2.05, 4.69) is 31.2 Å². The summed E-state index contributed by atoms with van der Waals surface area (Å²) in [6, 6.07) is 0.547. The molecular formula is C13H24ClN3. The summed E-state index contributed by atoms with van der Waals surface area (Å²) >= 11 is 6.25. The lowest BCUT2D eigenvalue weighted by molar-refractivity contribution is 0.382. The van der Waals surface area contributed by atoms with Crippen LogP contribution in [0.2, 0.25) is 5.02 Å². The van der Waals surface area contributed by atoms with Crippen LogP contribution in [0.5, 0.6) is 0 Å². The quantitative estimate of drug-likeness (QED) is 0.849. The van der Waals surface area contributed by atoms with E-state index in [-0.39, 0.29) is 0 Å². The standard InChI is InChI=1S/C13H24ClN3/c1-6-15-11(9(2)3)7-8-12-13(14)10(4)16-17(12)5/h9,11,15H,6-8H2,1-5H3. The van der Waals surface area contributed by atoms with Gasteiger partial charge in [-0.1, -0.05) is 32.4 Å². The average molecular weight is 258 g/mol. The van der Waals surface area contributed by atoms with Crippen molar-refractivity contribution in [2.24, 2.45) is 13.0 Å². The van der Waals surface area contributed by atoms with Crippen LogP contribution >= 0.6 is 11.6 Å². The first-order valence-corrected chi connectivity index (χ1v) is 6.76. The normalized spacial score (nSPS) is 13.4. The Morgan fingerprint density at radius 1 is 1.41 bits per heavy atom. The van der Waals surface area contributed by atoms with Crippen LogP contribution in [-0.2, 0) is 13.5 Å². The van der Waals surface area contributed by atoms with E-state index in [1.54, 1.807) is 0 Å². The summed E-state index contributed by atoms with van der Waals surface area (Å²) in [5.74, 6) is 0.642. The van der Waals surface area contributed by atoms with Gasteiger partial charge in [0.15, 0.2) is 0 Å². The largest absolute Gasteiger partial charge is 0.314 e. The molecule has 1 aromatic rings. The van der Waals surface area contributed by atoms with Gasteiger partial charge >= 0.3 is 0 Å². The predicted molar refractivity (Wildman–Crippen MR) is 73.6 cm³/mol. The molecule has 4 heteroatoms. The van der Waals surface area contributed by atoms with Gasteiger partial charge in [0.2, 0.25) is 0 Å². The molecule has 1 N–H and O–H groups in total. The average Bonchev–Trinajstić information content (AvgIpc) is 2.49. The zero-order valence-electron chi connectivity index (χ0n) is 11.5. The zero-order valence-corrected chi connectivity index (χ0v) is 12.3. The second kappa shape index (κ2) is 6.41. The third-order valence-electron chi connectivity index (χ3n) is 3.22. The van der Waals surface area contributed by atoms with Crippen molar-refractivity contribution in [2.75, 3.05) is 6.54 Å². The first-order chi connectivity index (χ1) is 7.97. The molecule has 1 rings (SSSR count). The molecule has 1 heterocycles. The maximum Gasteiger partial charge on any atom is 0.0846 e. The fourth-order valence-electron chi connectivity index (χ4n) is 2.18. The highest BCUT2D eigenvalue weighted by atomic mass is 35.5. The van der Waals surface area contributed by atoms with Gasteiger partial charge in [-0.2, -0.15) is 5.10 Å². The molecule has 1 aromatic heterocycles. The Morgan fingerprint density at radius 3 is 2.47 bits per heavy atom. The molecule has 0 aliphatic rings. The lowest BCUT2D eigenvalue weighted by Crippen LogP contribution is -2.34. The van der Waals surface area contributed by atoms with Crippen molar-refractivity contribution in [3.8, 4) is 0 Å². The van der Waals surface area contributed by atoms with Gasteiger partial charge in [0.1, 0.15) is 0 Å². The smallest absolute Gasteiger partial charge is 0.0846 e. The molecule has 0 fully saturated rings. The summed E-state index contributed by atoms with van der Waals surface area (Å²) < 4.78 is 1.90. The van der Waals surface area contributed by atoms with Crippen molar-refractivity contribution in [1.82, 2.24) is 15.1 Å². The van der Waals surface area contributed by atoms with E-state index in [1.807, 2.05) is 18.7 Å². The highest BCUT2D eigenvalue weighted by Crippen LogP contribution is 2.22. The number of aromatic nitrogens is 2. The van der Waals surface area contributed by atoms with Crippen LogP contribution in [0.3, 0.4) is 0 Å². The Hall–Kier alpha value is -0.540. The van der Waals surface area contributed by atoms with Gasteiger partial charge in [0.25, 0.3) is 0 Å². The number of aryl methyl sites for hydroxylation is 2. The number of rotatable bonds is 6. The number of hydrogen-bond donors (Lipinski definition) is 1. The molecule has 1 unspecified atom stereocenters. The van der Waals surface area contributed by atoms with E-state index in [0.29, 0.717) is 12.0 Å². The van der Waals surface area contributed by atoms with Crippen molar-refractivity contribution in [2.45, 2.75) is 46.6 Å². The Morgan fingerprint density at radius 2 is 2.06 bits per heavy atom. The molecule has 0 radical (unpaired) electrons. The van der Waals surface area contributed by atoms with Gasteiger partial charge in [0.05, 0.1) is 16.4 Å². The van der Waals surface area contributed by atoms with Crippen LogP contribution in [0.25, 0.3) is 0 Å². The minimum atomic E-state index is 0.547. The Bertz CT molecular complexity index is 358. The topological polar surface area (TPSA) is 29.9 Å². The summed E-state index contributed by atoms with van der Waals surface area (Å²) in [6.07, 6.45) is 2.08. The Balaban J connectivity index is 2.65. The molecule has 0 aromatic carbocycles. The Kier molecular flexibility index (Phi) is 5.47. The number of nitrogens with zero attached hydrogens (tertiary/aromatic N) is 2. The van der Waals surface area contributed by atoms with E-state index >= 15 is 0 Å². The molecule has 3 nitrogen and oxygen atoms in total. The molecule has 0 saturated carbocycles. The first kappa shape index (κ1) is 14.5. The molecule has 0 aliphatic carbocycles. The minimum Gasteiger partial charge on any atom is -0.314 e. The van der Waals surface area contributed by atoms with E-state index in [9.17, 15) is 0 Å². The minimum absolute atomic E-state index is 0.547. The molecule has 0 bridgehead atoms.